The van der Waals surface area contributed by atoms with Crippen molar-refractivity contribution in [3.05, 3.63) is 93.8 Å². The van der Waals surface area contributed by atoms with E-state index in [4.69, 9.17) is 16.3 Å². The third kappa shape index (κ3) is 4.76. The molecule has 5 nitrogen and oxygen atoms in total. The maximum atomic E-state index is 14.2. The first-order chi connectivity index (χ1) is 17.7. The largest absolute Gasteiger partial charge is 0.497 e. The Hall–Kier alpha value is -3.23. The van der Waals surface area contributed by atoms with E-state index < -0.39 is 41.3 Å². The van der Waals surface area contributed by atoms with E-state index in [0.717, 1.165) is 23.6 Å². The number of fused-ring (bicyclic) bond motifs is 1. The molecule has 1 aliphatic carbocycles. The van der Waals surface area contributed by atoms with Gasteiger partial charge in [-0.3, -0.25) is 14.6 Å². The average Bonchev–Trinajstić information content (AvgIpc) is 2.88. The molecule has 1 saturated carbocycles. The number of methoxy groups -OCH3 is 1. The van der Waals surface area contributed by atoms with Crippen molar-refractivity contribution in [3.8, 4) is 5.75 Å². The number of nitrogens with one attached hydrogen (secondary N) is 1. The second-order valence-electron chi connectivity index (χ2n) is 9.38. The standard InChI is InChI=1S/C28H24ClF3N2O3/c1-37-18-8-6-16(7-9-18)20-13-22(35)24(25-19-5-3-2-4-15(19)10-11-33-25)27(36)23(20)26-21(29)12-17(14-34-26)28(30,31)32/h2-9,12,14,20,23-25,33H,10-11,13H2,1H3/t20-,23+,24+,25+/m1/s1. The van der Waals surface area contributed by atoms with Crippen molar-refractivity contribution in [3.63, 3.8) is 0 Å². The Morgan fingerprint density at radius 3 is 2.46 bits per heavy atom. The molecular weight excluding hydrogens is 505 g/mol. The molecule has 9 heteroatoms. The van der Waals surface area contributed by atoms with Gasteiger partial charge in [0.2, 0.25) is 0 Å². The molecule has 2 heterocycles. The molecule has 0 bridgehead atoms. The summed E-state index contributed by atoms with van der Waals surface area (Å²) in [7, 11) is 1.52. The number of ether oxygens (including phenoxy) is 1. The molecule has 2 aliphatic rings. The number of aromatic nitrogens is 1. The van der Waals surface area contributed by atoms with Gasteiger partial charge in [0.1, 0.15) is 11.5 Å². The topological polar surface area (TPSA) is 68.3 Å². The highest BCUT2D eigenvalue weighted by Crippen LogP contribution is 2.48. The molecule has 0 unspecified atom stereocenters. The number of hydrogen-bond donors (Lipinski definition) is 1. The normalized spacial score (nSPS) is 24.0. The van der Waals surface area contributed by atoms with Crippen molar-refractivity contribution < 1.29 is 27.5 Å². The van der Waals surface area contributed by atoms with Crippen LogP contribution in [0.3, 0.4) is 0 Å². The molecule has 1 aliphatic heterocycles. The third-order valence-corrected chi connectivity index (χ3v) is 7.60. The molecule has 1 N–H and O–H groups in total. The van der Waals surface area contributed by atoms with Crippen LogP contribution in [0.25, 0.3) is 0 Å². The molecule has 1 aromatic heterocycles. The molecule has 2 aromatic carbocycles. The van der Waals surface area contributed by atoms with Crippen molar-refractivity contribution in [1.82, 2.24) is 10.3 Å². The monoisotopic (exact) mass is 528 g/mol. The van der Waals surface area contributed by atoms with Gasteiger partial charge in [0, 0.05) is 24.6 Å². The molecule has 0 spiro atoms. The molecule has 0 amide bonds. The lowest BCUT2D eigenvalue weighted by molar-refractivity contribution is -0.139. The molecule has 0 saturated heterocycles. The number of nitrogens with zero attached hydrogens (tertiary/aromatic N) is 1. The molecule has 192 valence electrons. The van der Waals surface area contributed by atoms with Crippen molar-refractivity contribution in [2.45, 2.75) is 36.9 Å². The third-order valence-electron chi connectivity index (χ3n) is 7.30. The lowest BCUT2D eigenvalue weighted by Crippen LogP contribution is -2.47. The zero-order valence-corrected chi connectivity index (χ0v) is 20.6. The summed E-state index contributed by atoms with van der Waals surface area (Å²) in [4.78, 5) is 31.8. The number of pyridine rings is 1. The minimum absolute atomic E-state index is 0.0206. The van der Waals surface area contributed by atoms with Crippen LogP contribution in [0.5, 0.6) is 5.75 Å². The molecule has 4 atom stereocenters. The lowest BCUT2D eigenvalue weighted by atomic mass is 9.65. The van der Waals surface area contributed by atoms with Gasteiger partial charge in [-0.15, -0.1) is 0 Å². The molecular formula is C28H24ClF3N2O3. The molecule has 37 heavy (non-hydrogen) atoms. The van der Waals surface area contributed by atoms with Gasteiger partial charge in [-0.05, 0) is 47.9 Å². The van der Waals surface area contributed by atoms with E-state index in [1.807, 2.05) is 24.3 Å². The Labute approximate surface area is 217 Å². The molecule has 0 radical (unpaired) electrons. The van der Waals surface area contributed by atoms with E-state index >= 15 is 0 Å². The quantitative estimate of drug-likeness (QED) is 0.442. The summed E-state index contributed by atoms with van der Waals surface area (Å²) in [6.45, 7) is 0.602. The van der Waals surface area contributed by atoms with Gasteiger partial charge in [-0.1, -0.05) is 48.0 Å². The fraction of sp³-hybridized carbons (Fsp3) is 0.321. The van der Waals surface area contributed by atoms with Crippen LogP contribution in [0.15, 0.2) is 60.8 Å². The van der Waals surface area contributed by atoms with Crippen LogP contribution in [-0.2, 0) is 22.2 Å². The van der Waals surface area contributed by atoms with Crippen LogP contribution < -0.4 is 10.1 Å². The van der Waals surface area contributed by atoms with Gasteiger partial charge in [-0.2, -0.15) is 13.2 Å². The number of rotatable bonds is 4. The van der Waals surface area contributed by atoms with E-state index in [0.29, 0.717) is 24.1 Å². The van der Waals surface area contributed by atoms with Crippen LogP contribution >= 0.6 is 11.6 Å². The van der Waals surface area contributed by atoms with Crippen molar-refractivity contribution in [2.75, 3.05) is 13.7 Å². The Kier molecular flexibility index (Phi) is 6.81. The highest BCUT2D eigenvalue weighted by Gasteiger charge is 2.50. The summed E-state index contributed by atoms with van der Waals surface area (Å²) >= 11 is 6.35. The van der Waals surface area contributed by atoms with Crippen molar-refractivity contribution >= 4 is 23.2 Å². The van der Waals surface area contributed by atoms with Crippen molar-refractivity contribution in [1.29, 1.82) is 0 Å². The van der Waals surface area contributed by atoms with Gasteiger partial charge in [-0.25, -0.2) is 0 Å². The van der Waals surface area contributed by atoms with E-state index in [-0.39, 0.29) is 22.9 Å². The first kappa shape index (κ1) is 25.4. The number of ketones is 2. The number of carbonyl (C=O) groups is 2. The van der Waals surface area contributed by atoms with Gasteiger partial charge >= 0.3 is 6.18 Å². The Bertz CT molecular complexity index is 1340. The SMILES string of the molecule is COc1ccc([C@H]2CC(=O)[C@@H]([C@H]3NCCc4ccccc43)C(=O)[C@@H]2c2ncc(C(F)(F)F)cc2Cl)cc1. The summed E-state index contributed by atoms with van der Waals surface area (Å²) in [5.41, 5.74) is 1.67. The highest BCUT2D eigenvalue weighted by molar-refractivity contribution is 6.31. The average molecular weight is 529 g/mol. The predicted octanol–water partition coefficient (Wildman–Crippen LogP) is 5.67. The first-order valence-electron chi connectivity index (χ1n) is 11.9. The summed E-state index contributed by atoms with van der Waals surface area (Å²) in [6, 6.07) is 14.9. The van der Waals surface area contributed by atoms with Crippen LogP contribution in [0, 0.1) is 5.92 Å². The van der Waals surface area contributed by atoms with Gasteiger partial charge in [0.25, 0.3) is 0 Å². The Morgan fingerprint density at radius 1 is 1.05 bits per heavy atom. The zero-order valence-electron chi connectivity index (χ0n) is 19.9. The minimum Gasteiger partial charge on any atom is -0.497 e. The fourth-order valence-electron chi connectivity index (χ4n) is 5.52. The van der Waals surface area contributed by atoms with Gasteiger partial charge in [0.15, 0.2) is 5.78 Å². The molecule has 5 rings (SSSR count). The number of benzene rings is 2. The number of alkyl halides is 3. The summed E-state index contributed by atoms with van der Waals surface area (Å²) in [5.74, 6) is -2.68. The van der Waals surface area contributed by atoms with Gasteiger partial charge < -0.3 is 10.1 Å². The summed E-state index contributed by atoms with van der Waals surface area (Å²) in [6.07, 6.45) is -3.15. The van der Waals surface area contributed by atoms with E-state index in [1.54, 1.807) is 24.3 Å². The molecule has 3 aromatic rings. The van der Waals surface area contributed by atoms with Gasteiger partial charge in [0.05, 0.1) is 35.2 Å². The zero-order chi connectivity index (χ0) is 26.3. The maximum absolute atomic E-state index is 14.2. The maximum Gasteiger partial charge on any atom is 0.417 e. The summed E-state index contributed by atoms with van der Waals surface area (Å²) in [5, 5.41) is 3.08. The van der Waals surface area contributed by atoms with Crippen LogP contribution in [0.1, 0.15) is 52.2 Å². The van der Waals surface area contributed by atoms with Crippen LogP contribution in [0.4, 0.5) is 13.2 Å². The molecule has 1 fully saturated rings. The predicted molar refractivity (Wildman–Crippen MR) is 132 cm³/mol. The smallest absolute Gasteiger partial charge is 0.417 e. The fourth-order valence-corrected chi connectivity index (χ4v) is 5.80. The number of hydrogen-bond acceptors (Lipinski definition) is 5. The second kappa shape index (κ2) is 9.91. The van der Waals surface area contributed by atoms with Crippen LogP contribution in [-0.4, -0.2) is 30.2 Å². The van der Waals surface area contributed by atoms with E-state index in [9.17, 15) is 22.8 Å². The van der Waals surface area contributed by atoms with E-state index in [1.165, 1.54) is 7.11 Å². The number of Topliss-reactive ketones (excluding diaryl/α,β-unsaturated/α-hetero) is 2. The van der Waals surface area contributed by atoms with Crippen LogP contribution in [0.2, 0.25) is 5.02 Å². The summed E-state index contributed by atoms with van der Waals surface area (Å²) < 4.78 is 45.1. The highest BCUT2D eigenvalue weighted by atomic mass is 35.5. The van der Waals surface area contributed by atoms with E-state index in [2.05, 4.69) is 10.3 Å². The number of halogens is 4. The Morgan fingerprint density at radius 2 is 1.78 bits per heavy atom. The minimum atomic E-state index is -4.63. The number of carbonyl (C=O) groups excluding carboxylic acids is 2. The van der Waals surface area contributed by atoms with Crippen molar-refractivity contribution in [2.24, 2.45) is 5.92 Å². The lowest BCUT2D eigenvalue weighted by Gasteiger charge is -2.39. The Balaban J connectivity index is 1.60. The second-order valence-corrected chi connectivity index (χ2v) is 9.78. The first-order valence-corrected chi connectivity index (χ1v) is 12.3.